The molecule has 25 heavy (non-hydrogen) atoms. The first-order valence-electron chi connectivity index (χ1n) is 7.60. The lowest BCUT2D eigenvalue weighted by atomic mass is 10.2. The Morgan fingerprint density at radius 3 is 2.76 bits per heavy atom. The van der Waals surface area contributed by atoms with Crippen LogP contribution in [0, 0.1) is 0 Å². The maximum atomic E-state index is 12.6. The summed E-state index contributed by atoms with van der Waals surface area (Å²) in [6.45, 7) is 1.68. The summed E-state index contributed by atoms with van der Waals surface area (Å²) < 4.78 is 31.2. The fourth-order valence-corrected chi connectivity index (χ4v) is 3.30. The van der Waals surface area contributed by atoms with Crippen LogP contribution in [0.3, 0.4) is 0 Å². The predicted octanol–water partition coefficient (Wildman–Crippen LogP) is -1.59. The van der Waals surface area contributed by atoms with Crippen molar-refractivity contribution in [2.45, 2.75) is 19.1 Å². The smallest absolute Gasteiger partial charge is 0.318 e. The van der Waals surface area contributed by atoms with Crippen LogP contribution in [0.15, 0.2) is 12.7 Å². The zero-order chi connectivity index (χ0) is 18.6. The molecule has 2 heterocycles. The Kier molecular flexibility index (Phi) is 6.08. The minimum Gasteiger partial charge on any atom is -0.480 e. The summed E-state index contributed by atoms with van der Waals surface area (Å²) in [6, 6.07) is -0.550. The van der Waals surface area contributed by atoms with Crippen molar-refractivity contribution in [3.8, 4) is 0 Å². The molecule has 140 valence electrons. The molecule has 0 saturated carbocycles. The minimum atomic E-state index is -3.70. The highest BCUT2D eigenvalue weighted by Crippen LogP contribution is 2.14. The highest BCUT2D eigenvalue weighted by atomic mass is 32.2. The third kappa shape index (κ3) is 5.21. The van der Waals surface area contributed by atoms with E-state index in [1.165, 1.54) is 17.3 Å². The van der Waals surface area contributed by atoms with E-state index in [-0.39, 0.29) is 25.6 Å². The van der Waals surface area contributed by atoms with Gasteiger partial charge in [0.1, 0.15) is 25.2 Å². The summed E-state index contributed by atoms with van der Waals surface area (Å²) in [7, 11) is -3.70. The van der Waals surface area contributed by atoms with Gasteiger partial charge in [0.05, 0.1) is 19.0 Å². The third-order valence-corrected chi connectivity index (χ3v) is 5.05. The Balaban J connectivity index is 2.02. The van der Waals surface area contributed by atoms with E-state index in [0.717, 1.165) is 10.6 Å². The Labute approximate surface area is 145 Å². The predicted molar refractivity (Wildman–Crippen MR) is 85.1 cm³/mol. The summed E-state index contributed by atoms with van der Waals surface area (Å²) >= 11 is 0. The molecule has 2 unspecified atom stereocenters. The summed E-state index contributed by atoms with van der Waals surface area (Å²) in [4.78, 5) is 28.8. The van der Waals surface area contributed by atoms with Crippen LogP contribution in [0.2, 0.25) is 0 Å². The quantitative estimate of drug-likeness (QED) is 0.603. The van der Waals surface area contributed by atoms with Crippen molar-refractivity contribution in [3.63, 3.8) is 0 Å². The van der Waals surface area contributed by atoms with Crippen molar-refractivity contribution in [1.82, 2.24) is 24.0 Å². The lowest BCUT2D eigenvalue weighted by molar-refractivity contribution is -0.143. The molecule has 2 atom stereocenters. The van der Waals surface area contributed by atoms with Gasteiger partial charge in [-0.2, -0.15) is 9.40 Å². The molecule has 1 N–H and O–H groups in total. The molecule has 1 aromatic rings. The van der Waals surface area contributed by atoms with E-state index in [2.05, 4.69) is 10.1 Å². The maximum absolute atomic E-state index is 12.6. The second kappa shape index (κ2) is 7.89. The molecule has 1 aromatic heterocycles. The average Bonchev–Trinajstić information content (AvgIpc) is 3.06. The highest BCUT2D eigenvalue weighted by molar-refractivity contribution is 7.88. The van der Waals surface area contributed by atoms with E-state index in [9.17, 15) is 18.0 Å². The zero-order valence-corrected chi connectivity index (χ0v) is 14.8. The van der Waals surface area contributed by atoms with Crippen molar-refractivity contribution in [3.05, 3.63) is 12.7 Å². The Morgan fingerprint density at radius 1 is 1.48 bits per heavy atom. The summed E-state index contributed by atoms with van der Waals surface area (Å²) in [6.07, 6.45) is 3.12. The van der Waals surface area contributed by atoms with Crippen LogP contribution in [0.1, 0.15) is 13.0 Å². The molecule has 0 aromatic carbocycles. The molecule has 1 fully saturated rings. The number of nitrogens with zero attached hydrogens (tertiary/aromatic N) is 5. The number of carboxylic acid groups (broad SMARTS) is 1. The van der Waals surface area contributed by atoms with Crippen molar-refractivity contribution >= 4 is 21.9 Å². The van der Waals surface area contributed by atoms with Crippen LogP contribution in [0.4, 0.5) is 0 Å². The van der Waals surface area contributed by atoms with E-state index >= 15 is 0 Å². The molecule has 1 amide bonds. The molecule has 0 radical (unpaired) electrons. The summed E-state index contributed by atoms with van der Waals surface area (Å²) in [5, 5.41) is 12.8. The number of rotatable bonds is 7. The van der Waals surface area contributed by atoms with Gasteiger partial charge in [-0.05, 0) is 6.92 Å². The first-order valence-corrected chi connectivity index (χ1v) is 9.44. The second-order valence-electron chi connectivity index (χ2n) is 5.78. The number of aromatic nitrogens is 3. The molecule has 1 saturated heterocycles. The number of hydrogen-bond donors (Lipinski definition) is 1. The Bertz CT molecular complexity index is 707. The van der Waals surface area contributed by atoms with Crippen molar-refractivity contribution < 1.29 is 27.9 Å². The van der Waals surface area contributed by atoms with Gasteiger partial charge in [-0.25, -0.2) is 18.1 Å². The Morgan fingerprint density at radius 2 is 2.20 bits per heavy atom. The number of sulfonamides is 1. The van der Waals surface area contributed by atoms with E-state index in [1.807, 2.05) is 0 Å². The SMILES string of the molecule is CC(C(=O)N1CCOC(CN(CC(=O)O)S(C)(=O)=O)C1)n1cncn1. The van der Waals surface area contributed by atoms with Gasteiger partial charge in [-0.15, -0.1) is 0 Å². The van der Waals surface area contributed by atoms with E-state index in [4.69, 9.17) is 9.84 Å². The molecule has 12 heteroatoms. The molecule has 0 bridgehead atoms. The number of carbonyl (C=O) groups is 2. The van der Waals surface area contributed by atoms with Gasteiger partial charge in [0.2, 0.25) is 15.9 Å². The molecular formula is C13H21N5O6S. The highest BCUT2D eigenvalue weighted by Gasteiger charge is 2.31. The lowest BCUT2D eigenvalue weighted by Gasteiger charge is -2.35. The standard InChI is InChI=1S/C13H21N5O6S/c1-10(18-9-14-8-15-18)13(21)16-3-4-24-11(5-16)6-17(7-12(19)20)25(2,22)23/h8-11H,3-7H2,1-2H3,(H,19,20). The Hall–Kier alpha value is -2.05. The second-order valence-corrected chi connectivity index (χ2v) is 7.76. The zero-order valence-electron chi connectivity index (χ0n) is 14.0. The first-order chi connectivity index (χ1) is 11.7. The monoisotopic (exact) mass is 375 g/mol. The van der Waals surface area contributed by atoms with Gasteiger partial charge in [-0.3, -0.25) is 9.59 Å². The lowest BCUT2D eigenvalue weighted by Crippen LogP contribution is -2.52. The minimum absolute atomic E-state index is 0.132. The van der Waals surface area contributed by atoms with Crippen molar-refractivity contribution in [1.29, 1.82) is 0 Å². The van der Waals surface area contributed by atoms with Gasteiger partial charge < -0.3 is 14.7 Å². The molecule has 1 aliphatic rings. The van der Waals surface area contributed by atoms with Gasteiger partial charge in [0.15, 0.2) is 0 Å². The van der Waals surface area contributed by atoms with Crippen LogP contribution in [0.5, 0.6) is 0 Å². The third-order valence-electron chi connectivity index (χ3n) is 3.83. The summed E-state index contributed by atoms with van der Waals surface area (Å²) in [5.74, 6) is -1.45. The number of morpholine rings is 1. The topological polar surface area (TPSA) is 135 Å². The molecule has 0 aliphatic carbocycles. The number of carboxylic acids is 1. The maximum Gasteiger partial charge on any atom is 0.318 e. The van der Waals surface area contributed by atoms with Crippen LogP contribution in [0.25, 0.3) is 0 Å². The number of aliphatic carboxylic acids is 1. The van der Waals surface area contributed by atoms with E-state index < -0.39 is 34.7 Å². The molecular weight excluding hydrogens is 354 g/mol. The largest absolute Gasteiger partial charge is 0.480 e. The van der Waals surface area contributed by atoms with Crippen LogP contribution in [-0.4, -0.2) is 94.5 Å². The number of hydrogen-bond acceptors (Lipinski definition) is 7. The van der Waals surface area contributed by atoms with Gasteiger partial charge in [-0.1, -0.05) is 0 Å². The van der Waals surface area contributed by atoms with Gasteiger partial charge in [0, 0.05) is 19.6 Å². The number of amides is 1. The molecule has 11 nitrogen and oxygen atoms in total. The van der Waals surface area contributed by atoms with Gasteiger partial charge >= 0.3 is 5.97 Å². The fraction of sp³-hybridized carbons (Fsp3) is 0.692. The molecule has 2 rings (SSSR count). The summed E-state index contributed by atoms with van der Waals surface area (Å²) in [5.41, 5.74) is 0. The van der Waals surface area contributed by atoms with Crippen molar-refractivity contribution in [2.24, 2.45) is 0 Å². The normalized spacial score (nSPS) is 19.8. The number of carbonyl (C=O) groups excluding carboxylic acids is 1. The van der Waals surface area contributed by atoms with Crippen LogP contribution < -0.4 is 0 Å². The fourth-order valence-electron chi connectivity index (χ4n) is 2.52. The van der Waals surface area contributed by atoms with Gasteiger partial charge in [0.25, 0.3) is 0 Å². The van der Waals surface area contributed by atoms with Crippen LogP contribution in [-0.2, 0) is 24.3 Å². The molecule has 1 aliphatic heterocycles. The molecule has 0 spiro atoms. The van der Waals surface area contributed by atoms with Crippen molar-refractivity contribution in [2.75, 3.05) is 39.0 Å². The van der Waals surface area contributed by atoms with E-state index in [0.29, 0.717) is 6.54 Å². The van der Waals surface area contributed by atoms with E-state index in [1.54, 1.807) is 11.8 Å². The average molecular weight is 375 g/mol. The first kappa shape index (κ1) is 19.3. The van der Waals surface area contributed by atoms with Crippen LogP contribution >= 0.6 is 0 Å². The number of ether oxygens (including phenoxy) is 1.